The van der Waals surface area contributed by atoms with Gasteiger partial charge in [0, 0.05) is 0 Å². The van der Waals surface area contributed by atoms with Crippen molar-refractivity contribution >= 4 is 11.6 Å². The summed E-state index contributed by atoms with van der Waals surface area (Å²) in [4.78, 5) is 0. The Morgan fingerprint density at radius 1 is 1.46 bits per heavy atom. The molecule has 1 aromatic rings. The van der Waals surface area contributed by atoms with Gasteiger partial charge in [-0.3, -0.25) is 0 Å². The molecule has 0 heterocycles. The van der Waals surface area contributed by atoms with E-state index >= 15 is 0 Å². The number of hydrogen-bond donors (Lipinski definition) is 1. The van der Waals surface area contributed by atoms with Crippen LogP contribution in [0, 0.1) is 12.7 Å². The highest BCUT2D eigenvalue weighted by Gasteiger charge is 2.04. The van der Waals surface area contributed by atoms with E-state index in [9.17, 15) is 4.39 Å². The predicted octanol–water partition coefficient (Wildman–Crippen LogP) is 2.55. The van der Waals surface area contributed by atoms with Gasteiger partial charge in [0.05, 0.1) is 5.02 Å². The molecule has 0 amide bonds. The second kappa shape index (κ2) is 4.58. The molecule has 0 fully saturated rings. The average Bonchev–Trinajstić information content (AvgIpc) is 2.09. The maximum Gasteiger partial charge on any atom is 0.142 e. The van der Waals surface area contributed by atoms with E-state index in [1.807, 2.05) is 14.0 Å². The van der Waals surface area contributed by atoms with Gasteiger partial charge in [0.25, 0.3) is 0 Å². The number of halogens is 2. The molecule has 0 unspecified atom stereocenters. The molecule has 0 aliphatic heterocycles. The van der Waals surface area contributed by atoms with E-state index in [4.69, 9.17) is 11.6 Å². The summed E-state index contributed by atoms with van der Waals surface area (Å²) >= 11 is 5.63. The van der Waals surface area contributed by atoms with Gasteiger partial charge in [-0.05, 0) is 50.2 Å². The second-order valence-electron chi connectivity index (χ2n) is 3.05. The first kappa shape index (κ1) is 10.5. The van der Waals surface area contributed by atoms with Crippen molar-refractivity contribution in [3.8, 4) is 0 Å². The molecule has 72 valence electrons. The monoisotopic (exact) mass is 201 g/mol. The number of nitrogens with one attached hydrogen (secondary N) is 1. The van der Waals surface area contributed by atoms with Crippen molar-refractivity contribution in [3.63, 3.8) is 0 Å². The standard InChI is InChI=1S/C10H13ClFN/c1-7-5-9(11)10(12)6-8(7)3-4-13-2/h5-6,13H,3-4H2,1-2H3. The molecule has 13 heavy (non-hydrogen) atoms. The number of aryl methyl sites for hydroxylation is 1. The normalized spacial score (nSPS) is 10.5. The van der Waals surface area contributed by atoms with Gasteiger partial charge in [-0.15, -0.1) is 0 Å². The third-order valence-corrected chi connectivity index (χ3v) is 2.31. The zero-order valence-electron chi connectivity index (χ0n) is 7.82. The lowest BCUT2D eigenvalue weighted by Crippen LogP contribution is -2.11. The molecule has 0 bridgehead atoms. The quantitative estimate of drug-likeness (QED) is 0.793. The average molecular weight is 202 g/mol. The third-order valence-electron chi connectivity index (χ3n) is 2.02. The summed E-state index contributed by atoms with van der Waals surface area (Å²) in [6.45, 7) is 2.79. The lowest BCUT2D eigenvalue weighted by atomic mass is 10.1. The minimum Gasteiger partial charge on any atom is -0.319 e. The van der Waals surface area contributed by atoms with Crippen molar-refractivity contribution in [1.29, 1.82) is 0 Å². The van der Waals surface area contributed by atoms with Gasteiger partial charge in [0.15, 0.2) is 0 Å². The van der Waals surface area contributed by atoms with Crippen LogP contribution in [0.3, 0.4) is 0 Å². The van der Waals surface area contributed by atoms with E-state index in [1.165, 1.54) is 6.07 Å². The number of rotatable bonds is 3. The first-order chi connectivity index (χ1) is 6.15. The number of hydrogen-bond acceptors (Lipinski definition) is 1. The van der Waals surface area contributed by atoms with Gasteiger partial charge in [0.1, 0.15) is 5.82 Å². The first-order valence-corrected chi connectivity index (χ1v) is 4.62. The topological polar surface area (TPSA) is 12.0 Å². The van der Waals surface area contributed by atoms with Gasteiger partial charge in [-0.25, -0.2) is 4.39 Å². The molecule has 0 aliphatic carbocycles. The Balaban J connectivity index is 2.88. The van der Waals surface area contributed by atoms with Crippen LogP contribution in [0.1, 0.15) is 11.1 Å². The minimum absolute atomic E-state index is 0.200. The summed E-state index contributed by atoms with van der Waals surface area (Å²) in [7, 11) is 1.88. The molecule has 0 spiro atoms. The van der Waals surface area contributed by atoms with Gasteiger partial charge in [0.2, 0.25) is 0 Å². The van der Waals surface area contributed by atoms with Crippen LogP contribution < -0.4 is 5.32 Å². The second-order valence-corrected chi connectivity index (χ2v) is 3.45. The summed E-state index contributed by atoms with van der Waals surface area (Å²) < 4.78 is 13.0. The van der Waals surface area contributed by atoms with Crippen LogP contribution >= 0.6 is 11.6 Å². The largest absolute Gasteiger partial charge is 0.319 e. The van der Waals surface area contributed by atoms with Gasteiger partial charge >= 0.3 is 0 Å². The number of benzene rings is 1. The van der Waals surface area contributed by atoms with Crippen molar-refractivity contribution in [2.75, 3.05) is 13.6 Å². The van der Waals surface area contributed by atoms with Crippen LogP contribution in [-0.2, 0) is 6.42 Å². The fraction of sp³-hybridized carbons (Fsp3) is 0.400. The predicted molar refractivity (Wildman–Crippen MR) is 53.8 cm³/mol. The molecular formula is C10H13ClFN. The summed E-state index contributed by atoms with van der Waals surface area (Å²) in [6.07, 6.45) is 0.830. The molecule has 1 nitrogen and oxygen atoms in total. The van der Waals surface area contributed by atoms with Crippen molar-refractivity contribution in [3.05, 3.63) is 34.1 Å². The van der Waals surface area contributed by atoms with E-state index in [0.717, 1.165) is 24.1 Å². The van der Waals surface area contributed by atoms with Crippen LogP contribution in [0.5, 0.6) is 0 Å². The molecule has 0 saturated carbocycles. The van der Waals surface area contributed by atoms with Gasteiger partial charge in [-0.2, -0.15) is 0 Å². The lowest BCUT2D eigenvalue weighted by molar-refractivity contribution is 0.624. The Labute approximate surface area is 82.9 Å². The third kappa shape index (κ3) is 2.68. The first-order valence-electron chi connectivity index (χ1n) is 4.24. The molecule has 0 saturated heterocycles. The fourth-order valence-corrected chi connectivity index (χ4v) is 1.43. The van der Waals surface area contributed by atoms with Crippen LogP contribution in [0.25, 0.3) is 0 Å². The minimum atomic E-state index is -0.335. The molecule has 0 radical (unpaired) electrons. The van der Waals surface area contributed by atoms with Crippen LogP contribution in [0.15, 0.2) is 12.1 Å². The molecule has 3 heteroatoms. The Hall–Kier alpha value is -0.600. The Morgan fingerprint density at radius 3 is 2.77 bits per heavy atom. The van der Waals surface area contributed by atoms with Gasteiger partial charge < -0.3 is 5.32 Å². The van der Waals surface area contributed by atoms with Crippen molar-refractivity contribution in [1.82, 2.24) is 5.32 Å². The highest BCUT2D eigenvalue weighted by atomic mass is 35.5. The van der Waals surface area contributed by atoms with Crippen molar-refractivity contribution in [2.45, 2.75) is 13.3 Å². The van der Waals surface area contributed by atoms with Gasteiger partial charge in [-0.1, -0.05) is 11.6 Å². The summed E-state index contributed by atoms with van der Waals surface area (Å²) in [6, 6.07) is 3.18. The molecule has 1 aromatic carbocycles. The summed E-state index contributed by atoms with van der Waals surface area (Å²) in [5, 5.41) is 3.22. The zero-order valence-corrected chi connectivity index (χ0v) is 8.58. The van der Waals surface area contributed by atoms with Crippen LogP contribution in [0.2, 0.25) is 5.02 Å². The Morgan fingerprint density at radius 2 is 2.15 bits per heavy atom. The molecule has 1 N–H and O–H groups in total. The maximum atomic E-state index is 13.0. The molecule has 0 aromatic heterocycles. The Kier molecular flexibility index (Phi) is 3.70. The Bertz CT molecular complexity index is 299. The molecule has 0 atom stereocenters. The zero-order chi connectivity index (χ0) is 9.84. The lowest BCUT2D eigenvalue weighted by Gasteiger charge is -2.06. The van der Waals surface area contributed by atoms with Crippen LogP contribution in [-0.4, -0.2) is 13.6 Å². The molecule has 1 rings (SSSR count). The SMILES string of the molecule is CNCCc1cc(F)c(Cl)cc1C. The number of likely N-dealkylation sites (N-methyl/N-ethyl adjacent to an activating group) is 1. The molecular weight excluding hydrogens is 189 g/mol. The summed E-state index contributed by atoms with van der Waals surface area (Å²) in [5.41, 5.74) is 2.05. The van der Waals surface area contributed by atoms with E-state index in [0.29, 0.717) is 0 Å². The van der Waals surface area contributed by atoms with E-state index in [1.54, 1.807) is 6.07 Å². The smallest absolute Gasteiger partial charge is 0.142 e. The van der Waals surface area contributed by atoms with Crippen molar-refractivity contribution in [2.24, 2.45) is 0 Å². The highest BCUT2D eigenvalue weighted by molar-refractivity contribution is 6.30. The van der Waals surface area contributed by atoms with E-state index < -0.39 is 0 Å². The summed E-state index contributed by atoms with van der Waals surface area (Å²) in [5.74, 6) is -0.335. The van der Waals surface area contributed by atoms with Crippen LogP contribution in [0.4, 0.5) is 4.39 Å². The highest BCUT2D eigenvalue weighted by Crippen LogP contribution is 2.19. The fourth-order valence-electron chi connectivity index (χ4n) is 1.22. The molecule has 0 aliphatic rings. The van der Waals surface area contributed by atoms with E-state index in [-0.39, 0.29) is 10.8 Å². The van der Waals surface area contributed by atoms with E-state index in [2.05, 4.69) is 5.32 Å². The van der Waals surface area contributed by atoms with Crippen molar-refractivity contribution < 1.29 is 4.39 Å². The maximum absolute atomic E-state index is 13.0.